The highest BCUT2D eigenvalue weighted by atomic mass is 19.1. The molecule has 19 heavy (non-hydrogen) atoms. The molecule has 2 rings (SSSR count). The molecule has 0 aliphatic rings. The number of hydrogen-bond acceptors (Lipinski definition) is 3. The molecule has 1 atom stereocenters. The molecule has 1 heterocycles. The minimum Gasteiger partial charge on any atom is -0.493 e. The average molecular weight is 261 g/mol. The van der Waals surface area contributed by atoms with Gasteiger partial charge in [-0.15, -0.1) is 0 Å². The van der Waals surface area contributed by atoms with Crippen LogP contribution in [0.15, 0.2) is 42.7 Å². The third kappa shape index (κ3) is 3.76. The van der Waals surface area contributed by atoms with Gasteiger partial charge < -0.3 is 9.84 Å². The molecule has 0 bridgehead atoms. The minimum absolute atomic E-state index is 0.372. The molecule has 0 aliphatic heterocycles. The predicted octanol–water partition coefficient (Wildman–Crippen LogP) is 2.90. The summed E-state index contributed by atoms with van der Waals surface area (Å²) in [6.45, 7) is 2.05. The molecular weight excluding hydrogens is 245 g/mol. The molecule has 3 nitrogen and oxygen atoms in total. The highest BCUT2D eigenvalue weighted by molar-refractivity contribution is 5.35. The summed E-state index contributed by atoms with van der Waals surface area (Å²) in [5.74, 6) is 0.0207. The Labute approximate surface area is 111 Å². The van der Waals surface area contributed by atoms with E-state index in [0.29, 0.717) is 24.3 Å². The maximum Gasteiger partial charge on any atom is 0.128 e. The Balaban J connectivity index is 2.01. The van der Waals surface area contributed by atoms with Crippen molar-refractivity contribution in [3.05, 3.63) is 59.7 Å². The van der Waals surface area contributed by atoms with Gasteiger partial charge in [0.05, 0.1) is 12.7 Å². The lowest BCUT2D eigenvalue weighted by molar-refractivity contribution is 0.191. The van der Waals surface area contributed by atoms with Crippen molar-refractivity contribution < 1.29 is 14.2 Å². The van der Waals surface area contributed by atoms with E-state index in [0.717, 1.165) is 5.56 Å². The maximum absolute atomic E-state index is 13.2. The van der Waals surface area contributed by atoms with E-state index in [9.17, 15) is 9.50 Å². The first-order valence-corrected chi connectivity index (χ1v) is 6.16. The number of nitrogens with zero attached hydrogens (tertiary/aromatic N) is 1. The molecule has 100 valence electrons. The van der Waals surface area contributed by atoms with Gasteiger partial charge in [0.15, 0.2) is 0 Å². The van der Waals surface area contributed by atoms with E-state index in [1.165, 1.54) is 12.1 Å². The molecule has 2 aromatic rings. The number of aromatic nitrogens is 1. The van der Waals surface area contributed by atoms with E-state index in [-0.39, 0.29) is 5.82 Å². The van der Waals surface area contributed by atoms with Gasteiger partial charge in [0, 0.05) is 30.4 Å². The number of hydrogen-bond donors (Lipinski definition) is 1. The Kier molecular flexibility index (Phi) is 4.47. The normalized spacial score (nSPS) is 12.2. The van der Waals surface area contributed by atoms with Crippen LogP contribution in [0.1, 0.15) is 24.2 Å². The first-order chi connectivity index (χ1) is 9.16. The van der Waals surface area contributed by atoms with Crippen molar-refractivity contribution in [2.75, 3.05) is 6.61 Å². The molecular formula is C15H16FNO2. The van der Waals surface area contributed by atoms with E-state index >= 15 is 0 Å². The summed E-state index contributed by atoms with van der Waals surface area (Å²) in [4.78, 5) is 3.94. The maximum atomic E-state index is 13.2. The molecule has 0 saturated heterocycles. The second-order valence-corrected chi connectivity index (χ2v) is 4.31. The molecule has 1 unspecified atom stereocenters. The topological polar surface area (TPSA) is 42.4 Å². The predicted molar refractivity (Wildman–Crippen MR) is 70.5 cm³/mol. The fourth-order valence-electron chi connectivity index (χ4n) is 1.81. The number of halogens is 1. The number of pyridine rings is 1. The Morgan fingerprint density at radius 1 is 1.26 bits per heavy atom. The van der Waals surface area contributed by atoms with Crippen LogP contribution in [-0.4, -0.2) is 16.7 Å². The van der Waals surface area contributed by atoms with Crippen molar-refractivity contribution in [3.63, 3.8) is 0 Å². The van der Waals surface area contributed by atoms with Crippen molar-refractivity contribution >= 4 is 0 Å². The molecule has 0 saturated carbocycles. The van der Waals surface area contributed by atoms with Crippen LogP contribution in [0.5, 0.6) is 5.75 Å². The van der Waals surface area contributed by atoms with Gasteiger partial charge in [0.1, 0.15) is 11.6 Å². The molecule has 1 aromatic carbocycles. The summed E-state index contributed by atoms with van der Waals surface area (Å²) in [5.41, 5.74) is 1.70. The van der Waals surface area contributed by atoms with Crippen molar-refractivity contribution in [3.8, 4) is 5.75 Å². The first kappa shape index (κ1) is 13.5. The second-order valence-electron chi connectivity index (χ2n) is 4.31. The summed E-state index contributed by atoms with van der Waals surface area (Å²) >= 11 is 0. The van der Waals surface area contributed by atoms with Crippen LogP contribution in [-0.2, 0) is 6.42 Å². The standard InChI is InChI=1S/C15H16FNO2/c1-11(18)14-3-2-13(16)10-15(14)19-9-6-12-4-7-17-8-5-12/h2-5,7-8,10-11,18H,6,9H2,1H3. The van der Waals surface area contributed by atoms with Gasteiger partial charge in [0.25, 0.3) is 0 Å². The lowest BCUT2D eigenvalue weighted by Crippen LogP contribution is -2.05. The molecule has 0 radical (unpaired) electrons. The smallest absolute Gasteiger partial charge is 0.128 e. The van der Waals surface area contributed by atoms with Crippen LogP contribution in [0.3, 0.4) is 0 Å². The van der Waals surface area contributed by atoms with Crippen LogP contribution in [0.4, 0.5) is 4.39 Å². The Morgan fingerprint density at radius 2 is 2.00 bits per heavy atom. The number of ether oxygens (including phenoxy) is 1. The highest BCUT2D eigenvalue weighted by Gasteiger charge is 2.10. The minimum atomic E-state index is -0.684. The Morgan fingerprint density at radius 3 is 2.68 bits per heavy atom. The van der Waals surface area contributed by atoms with E-state index in [1.807, 2.05) is 12.1 Å². The van der Waals surface area contributed by atoms with Crippen molar-refractivity contribution in [2.24, 2.45) is 0 Å². The van der Waals surface area contributed by atoms with Gasteiger partial charge in [-0.05, 0) is 36.8 Å². The number of aliphatic hydroxyl groups excluding tert-OH is 1. The number of aliphatic hydroxyl groups is 1. The summed E-state index contributed by atoms with van der Waals surface area (Å²) in [7, 11) is 0. The van der Waals surface area contributed by atoms with Crippen molar-refractivity contribution in [1.29, 1.82) is 0 Å². The molecule has 0 fully saturated rings. The molecule has 4 heteroatoms. The number of rotatable bonds is 5. The van der Waals surface area contributed by atoms with Gasteiger partial charge in [-0.2, -0.15) is 0 Å². The SMILES string of the molecule is CC(O)c1ccc(F)cc1OCCc1ccncc1. The van der Waals surface area contributed by atoms with E-state index in [1.54, 1.807) is 25.4 Å². The number of benzene rings is 1. The Bertz CT molecular complexity index is 529. The molecule has 1 N–H and O–H groups in total. The lowest BCUT2D eigenvalue weighted by Gasteiger charge is -2.13. The van der Waals surface area contributed by atoms with Crippen LogP contribution in [0.25, 0.3) is 0 Å². The van der Waals surface area contributed by atoms with E-state index in [4.69, 9.17) is 4.74 Å². The monoisotopic (exact) mass is 261 g/mol. The molecule has 0 aliphatic carbocycles. The van der Waals surface area contributed by atoms with Crippen molar-refractivity contribution in [2.45, 2.75) is 19.4 Å². The first-order valence-electron chi connectivity index (χ1n) is 6.16. The molecule has 0 spiro atoms. The zero-order valence-corrected chi connectivity index (χ0v) is 10.7. The second kappa shape index (κ2) is 6.29. The third-order valence-corrected chi connectivity index (χ3v) is 2.82. The average Bonchev–Trinajstić information content (AvgIpc) is 2.39. The third-order valence-electron chi connectivity index (χ3n) is 2.82. The van der Waals surface area contributed by atoms with E-state index < -0.39 is 6.10 Å². The quantitative estimate of drug-likeness (QED) is 0.899. The summed E-state index contributed by atoms with van der Waals surface area (Å²) in [6, 6.07) is 7.98. The fraction of sp³-hybridized carbons (Fsp3) is 0.267. The van der Waals surface area contributed by atoms with Crippen LogP contribution >= 0.6 is 0 Å². The van der Waals surface area contributed by atoms with Crippen LogP contribution in [0.2, 0.25) is 0 Å². The van der Waals surface area contributed by atoms with Gasteiger partial charge in [-0.25, -0.2) is 4.39 Å². The van der Waals surface area contributed by atoms with Gasteiger partial charge in [-0.3, -0.25) is 4.98 Å². The summed E-state index contributed by atoms with van der Waals surface area (Å²) < 4.78 is 18.8. The van der Waals surface area contributed by atoms with Crippen LogP contribution < -0.4 is 4.74 Å². The summed E-state index contributed by atoms with van der Waals surface area (Å²) in [5, 5.41) is 9.60. The summed E-state index contributed by atoms with van der Waals surface area (Å²) in [6.07, 6.45) is 3.46. The Hall–Kier alpha value is -1.94. The van der Waals surface area contributed by atoms with Gasteiger partial charge in [-0.1, -0.05) is 0 Å². The largest absolute Gasteiger partial charge is 0.493 e. The fourth-order valence-corrected chi connectivity index (χ4v) is 1.81. The molecule has 0 amide bonds. The lowest BCUT2D eigenvalue weighted by atomic mass is 10.1. The molecule has 1 aromatic heterocycles. The zero-order chi connectivity index (χ0) is 13.7. The van der Waals surface area contributed by atoms with Gasteiger partial charge >= 0.3 is 0 Å². The van der Waals surface area contributed by atoms with E-state index in [2.05, 4.69) is 4.98 Å². The van der Waals surface area contributed by atoms with Crippen molar-refractivity contribution in [1.82, 2.24) is 4.98 Å². The van der Waals surface area contributed by atoms with Crippen LogP contribution in [0, 0.1) is 5.82 Å². The van der Waals surface area contributed by atoms with Gasteiger partial charge in [0.2, 0.25) is 0 Å². The highest BCUT2D eigenvalue weighted by Crippen LogP contribution is 2.26. The zero-order valence-electron chi connectivity index (χ0n) is 10.7.